The van der Waals surface area contributed by atoms with E-state index >= 15 is 0 Å². The number of rotatable bonds is 6. The van der Waals surface area contributed by atoms with Crippen molar-refractivity contribution in [2.75, 3.05) is 13.7 Å². The number of hydrogen-bond donors (Lipinski definition) is 1. The molecule has 1 aromatic heterocycles. The molecule has 19 heavy (non-hydrogen) atoms. The number of aromatic nitrogens is 2. The Morgan fingerprint density at radius 2 is 2.37 bits per heavy atom. The standard InChI is InChI=1S/C14H24ClN3O/c1-4-7-18-14(11(15)9-17-18)13(16-3)10-6-8-19-12(10)5-2/h9-10,12-13,16H,4-8H2,1-3H3. The number of ether oxygens (including phenoxy) is 1. The van der Waals surface area contributed by atoms with E-state index in [1.165, 1.54) is 0 Å². The summed E-state index contributed by atoms with van der Waals surface area (Å²) in [5.74, 6) is 0.472. The highest BCUT2D eigenvalue weighted by molar-refractivity contribution is 6.31. The zero-order valence-electron chi connectivity index (χ0n) is 12.0. The van der Waals surface area contributed by atoms with Crippen molar-refractivity contribution in [1.29, 1.82) is 0 Å². The van der Waals surface area contributed by atoms with Crippen LogP contribution in [0.15, 0.2) is 6.20 Å². The molecular weight excluding hydrogens is 262 g/mol. The molecule has 108 valence electrons. The zero-order valence-corrected chi connectivity index (χ0v) is 12.8. The average Bonchev–Trinajstić information content (AvgIpc) is 3.01. The molecule has 0 amide bonds. The van der Waals surface area contributed by atoms with Gasteiger partial charge in [0, 0.05) is 19.1 Å². The van der Waals surface area contributed by atoms with Crippen LogP contribution in [-0.4, -0.2) is 29.5 Å². The summed E-state index contributed by atoms with van der Waals surface area (Å²) in [6.07, 6.45) is 5.26. The molecule has 0 radical (unpaired) electrons. The molecule has 1 N–H and O–H groups in total. The topological polar surface area (TPSA) is 39.1 Å². The van der Waals surface area contributed by atoms with Gasteiger partial charge in [-0.25, -0.2) is 0 Å². The maximum absolute atomic E-state index is 6.36. The Bertz CT molecular complexity index is 407. The molecule has 3 atom stereocenters. The average molecular weight is 286 g/mol. The first-order chi connectivity index (χ1) is 9.22. The van der Waals surface area contributed by atoms with Crippen molar-refractivity contribution in [3.63, 3.8) is 0 Å². The molecule has 1 aliphatic rings. The molecule has 1 aliphatic heterocycles. The van der Waals surface area contributed by atoms with Gasteiger partial charge < -0.3 is 10.1 Å². The number of halogens is 1. The van der Waals surface area contributed by atoms with Crippen LogP contribution >= 0.6 is 11.6 Å². The second kappa shape index (κ2) is 6.73. The molecule has 2 heterocycles. The summed E-state index contributed by atoms with van der Waals surface area (Å²) >= 11 is 6.36. The summed E-state index contributed by atoms with van der Waals surface area (Å²) in [5, 5.41) is 8.58. The summed E-state index contributed by atoms with van der Waals surface area (Å²) in [5.41, 5.74) is 1.11. The van der Waals surface area contributed by atoms with Crippen LogP contribution in [0.1, 0.15) is 44.8 Å². The van der Waals surface area contributed by atoms with E-state index in [4.69, 9.17) is 16.3 Å². The van der Waals surface area contributed by atoms with Crippen LogP contribution in [0.4, 0.5) is 0 Å². The third-order valence-electron chi connectivity index (χ3n) is 3.97. The van der Waals surface area contributed by atoms with Crippen LogP contribution in [0.3, 0.4) is 0 Å². The maximum Gasteiger partial charge on any atom is 0.0834 e. The van der Waals surface area contributed by atoms with Gasteiger partial charge in [-0.15, -0.1) is 0 Å². The largest absolute Gasteiger partial charge is 0.378 e. The Kier molecular flexibility index (Phi) is 5.25. The monoisotopic (exact) mass is 285 g/mol. The normalized spacial score (nSPS) is 24.8. The molecule has 0 saturated carbocycles. The van der Waals surface area contributed by atoms with Gasteiger partial charge in [0.15, 0.2) is 0 Å². The van der Waals surface area contributed by atoms with Gasteiger partial charge >= 0.3 is 0 Å². The minimum Gasteiger partial charge on any atom is -0.378 e. The predicted octanol–water partition coefficient (Wildman–Crippen LogP) is 3.02. The van der Waals surface area contributed by atoms with Crippen LogP contribution in [0.25, 0.3) is 0 Å². The van der Waals surface area contributed by atoms with Gasteiger partial charge in [-0.2, -0.15) is 5.10 Å². The third-order valence-corrected chi connectivity index (χ3v) is 4.26. The van der Waals surface area contributed by atoms with Crippen molar-refractivity contribution in [2.24, 2.45) is 5.92 Å². The lowest BCUT2D eigenvalue weighted by molar-refractivity contribution is 0.0773. The summed E-state index contributed by atoms with van der Waals surface area (Å²) in [6, 6.07) is 0.217. The fraction of sp³-hybridized carbons (Fsp3) is 0.786. The molecule has 1 saturated heterocycles. The summed E-state index contributed by atoms with van der Waals surface area (Å²) in [4.78, 5) is 0. The van der Waals surface area contributed by atoms with Gasteiger partial charge in [-0.3, -0.25) is 4.68 Å². The minimum atomic E-state index is 0.217. The molecule has 1 aromatic rings. The molecular formula is C14H24ClN3O. The molecule has 4 nitrogen and oxygen atoms in total. The minimum absolute atomic E-state index is 0.217. The van der Waals surface area contributed by atoms with Crippen molar-refractivity contribution in [3.05, 3.63) is 16.9 Å². The van der Waals surface area contributed by atoms with Crippen LogP contribution in [0.2, 0.25) is 5.02 Å². The summed E-state index contributed by atoms with van der Waals surface area (Å²) in [6.45, 7) is 6.09. The Morgan fingerprint density at radius 3 is 3.00 bits per heavy atom. The van der Waals surface area contributed by atoms with Crippen molar-refractivity contribution >= 4 is 11.6 Å². The molecule has 1 fully saturated rings. The highest BCUT2D eigenvalue weighted by atomic mass is 35.5. The van der Waals surface area contributed by atoms with E-state index in [1.54, 1.807) is 6.20 Å². The Morgan fingerprint density at radius 1 is 1.58 bits per heavy atom. The van der Waals surface area contributed by atoms with Gasteiger partial charge in [-0.05, 0) is 26.3 Å². The van der Waals surface area contributed by atoms with Gasteiger partial charge in [0.1, 0.15) is 0 Å². The fourth-order valence-electron chi connectivity index (χ4n) is 3.09. The third kappa shape index (κ3) is 2.96. The molecule has 3 unspecified atom stereocenters. The van der Waals surface area contributed by atoms with Crippen LogP contribution in [0, 0.1) is 5.92 Å². The predicted molar refractivity (Wildman–Crippen MR) is 77.5 cm³/mol. The Balaban J connectivity index is 2.28. The number of hydrogen-bond acceptors (Lipinski definition) is 3. The second-order valence-corrected chi connectivity index (χ2v) is 5.54. The quantitative estimate of drug-likeness (QED) is 0.873. The fourth-order valence-corrected chi connectivity index (χ4v) is 3.35. The van der Waals surface area contributed by atoms with E-state index in [1.807, 2.05) is 11.7 Å². The van der Waals surface area contributed by atoms with E-state index in [0.29, 0.717) is 12.0 Å². The molecule has 0 bridgehead atoms. The van der Waals surface area contributed by atoms with E-state index in [0.717, 1.165) is 43.1 Å². The summed E-state index contributed by atoms with van der Waals surface area (Å²) < 4.78 is 7.86. The maximum atomic E-state index is 6.36. The van der Waals surface area contributed by atoms with Gasteiger partial charge in [0.2, 0.25) is 0 Å². The summed E-state index contributed by atoms with van der Waals surface area (Å²) in [7, 11) is 2.00. The lowest BCUT2D eigenvalue weighted by atomic mass is 9.89. The Hall–Kier alpha value is -0.580. The van der Waals surface area contributed by atoms with E-state index in [2.05, 4.69) is 24.3 Å². The Labute approximate surface area is 120 Å². The molecule has 0 aliphatic carbocycles. The first kappa shape index (κ1) is 14.8. The SMILES string of the molecule is CCCn1ncc(Cl)c1C(NC)C1CCOC1CC. The van der Waals surface area contributed by atoms with Crippen molar-refractivity contribution < 1.29 is 4.74 Å². The lowest BCUT2D eigenvalue weighted by Crippen LogP contribution is -2.32. The first-order valence-corrected chi connectivity index (χ1v) is 7.60. The number of nitrogens with one attached hydrogen (secondary N) is 1. The first-order valence-electron chi connectivity index (χ1n) is 7.22. The van der Waals surface area contributed by atoms with Crippen molar-refractivity contribution in [2.45, 2.75) is 51.8 Å². The van der Waals surface area contributed by atoms with E-state index < -0.39 is 0 Å². The van der Waals surface area contributed by atoms with Crippen LogP contribution < -0.4 is 5.32 Å². The second-order valence-electron chi connectivity index (χ2n) is 5.14. The highest BCUT2D eigenvalue weighted by Crippen LogP contribution is 2.37. The molecule has 5 heteroatoms. The van der Waals surface area contributed by atoms with E-state index in [-0.39, 0.29) is 6.04 Å². The van der Waals surface area contributed by atoms with Crippen molar-refractivity contribution in [3.8, 4) is 0 Å². The number of aryl methyl sites for hydroxylation is 1. The van der Waals surface area contributed by atoms with E-state index in [9.17, 15) is 0 Å². The number of nitrogens with zero attached hydrogens (tertiary/aromatic N) is 2. The smallest absolute Gasteiger partial charge is 0.0834 e. The molecule has 2 rings (SSSR count). The zero-order chi connectivity index (χ0) is 13.8. The van der Waals surface area contributed by atoms with Gasteiger partial charge in [0.25, 0.3) is 0 Å². The molecule has 0 aromatic carbocycles. The van der Waals surface area contributed by atoms with Gasteiger partial charge in [-0.1, -0.05) is 25.4 Å². The van der Waals surface area contributed by atoms with Crippen LogP contribution in [0.5, 0.6) is 0 Å². The lowest BCUT2D eigenvalue weighted by Gasteiger charge is -2.27. The highest BCUT2D eigenvalue weighted by Gasteiger charge is 2.36. The molecule has 0 spiro atoms. The van der Waals surface area contributed by atoms with Crippen molar-refractivity contribution in [1.82, 2.24) is 15.1 Å². The van der Waals surface area contributed by atoms with Gasteiger partial charge in [0.05, 0.1) is 29.1 Å². The van der Waals surface area contributed by atoms with Crippen LogP contribution in [-0.2, 0) is 11.3 Å².